The summed E-state index contributed by atoms with van der Waals surface area (Å²) in [5, 5.41) is 5.16. The van der Waals surface area contributed by atoms with E-state index in [-0.39, 0.29) is 6.04 Å². The monoisotopic (exact) mass is 393 g/mol. The molecule has 0 aliphatic heterocycles. The molecule has 1 amide bonds. The number of amides is 1. The molecule has 5 heteroatoms. The average molecular weight is 394 g/mol. The Morgan fingerprint density at radius 3 is 2.76 bits per heavy atom. The van der Waals surface area contributed by atoms with E-state index in [2.05, 4.69) is 49.4 Å². The van der Waals surface area contributed by atoms with E-state index < -0.39 is 0 Å². The quantitative estimate of drug-likeness (QED) is 0.490. The highest BCUT2D eigenvalue weighted by molar-refractivity contribution is 9.10. The van der Waals surface area contributed by atoms with Crippen molar-refractivity contribution in [2.75, 3.05) is 0 Å². The van der Waals surface area contributed by atoms with Crippen molar-refractivity contribution in [3.05, 3.63) is 76.5 Å². The summed E-state index contributed by atoms with van der Waals surface area (Å²) in [5.74, 6) is 0. The number of aromatic nitrogens is 2. The third kappa shape index (κ3) is 3.03. The second-order valence-electron chi connectivity index (χ2n) is 5.96. The molecule has 1 atom stereocenters. The molecule has 0 radical (unpaired) electrons. The first-order valence-corrected chi connectivity index (χ1v) is 8.85. The summed E-state index contributed by atoms with van der Waals surface area (Å²) in [6.45, 7) is 0. The molecule has 2 aromatic carbocycles. The van der Waals surface area contributed by atoms with Gasteiger partial charge in [0.25, 0.3) is 0 Å². The first-order valence-electron chi connectivity index (χ1n) is 8.06. The molecule has 25 heavy (non-hydrogen) atoms. The van der Waals surface area contributed by atoms with E-state index in [9.17, 15) is 4.79 Å². The maximum Gasteiger partial charge on any atom is 0.207 e. The molecule has 0 aliphatic carbocycles. The summed E-state index contributed by atoms with van der Waals surface area (Å²) in [7, 11) is 0. The van der Waals surface area contributed by atoms with E-state index in [1.54, 1.807) is 6.20 Å². The van der Waals surface area contributed by atoms with Gasteiger partial charge in [-0.05, 0) is 36.2 Å². The van der Waals surface area contributed by atoms with E-state index in [1.165, 1.54) is 0 Å². The standard InChI is InChI=1S/C20H16BrN3O/c21-14-6-7-17-16(11-14)15-8-9-22-20(19(15)24-17)18(23-12-25)10-13-4-2-1-3-5-13/h1-9,11-12,18,24H,10H2,(H,23,25)/t18-/m1/s1. The molecular weight excluding hydrogens is 378 g/mol. The molecule has 0 saturated carbocycles. The number of pyridine rings is 1. The van der Waals surface area contributed by atoms with E-state index in [1.807, 2.05) is 36.4 Å². The Hall–Kier alpha value is -2.66. The fraction of sp³-hybridized carbons (Fsp3) is 0.100. The van der Waals surface area contributed by atoms with Gasteiger partial charge in [0, 0.05) is 27.0 Å². The molecule has 4 aromatic rings. The molecule has 0 fully saturated rings. The van der Waals surface area contributed by atoms with Gasteiger partial charge in [-0.15, -0.1) is 0 Å². The van der Waals surface area contributed by atoms with Crippen LogP contribution in [0.2, 0.25) is 0 Å². The zero-order chi connectivity index (χ0) is 17.2. The van der Waals surface area contributed by atoms with Crippen LogP contribution in [0.5, 0.6) is 0 Å². The van der Waals surface area contributed by atoms with Crippen molar-refractivity contribution < 1.29 is 4.79 Å². The Kier molecular flexibility index (Phi) is 4.24. The van der Waals surface area contributed by atoms with Crippen LogP contribution in [-0.4, -0.2) is 16.4 Å². The molecule has 4 rings (SSSR count). The first-order chi connectivity index (χ1) is 12.3. The lowest BCUT2D eigenvalue weighted by Crippen LogP contribution is -2.23. The lowest BCUT2D eigenvalue weighted by atomic mass is 10.0. The number of nitrogens with one attached hydrogen (secondary N) is 2. The number of rotatable bonds is 5. The lowest BCUT2D eigenvalue weighted by Gasteiger charge is -2.16. The van der Waals surface area contributed by atoms with Crippen LogP contribution < -0.4 is 5.32 Å². The number of fused-ring (bicyclic) bond motifs is 3. The summed E-state index contributed by atoms with van der Waals surface area (Å²) in [4.78, 5) is 19.2. The number of halogens is 1. The number of hydrogen-bond donors (Lipinski definition) is 2. The van der Waals surface area contributed by atoms with E-state index in [4.69, 9.17) is 0 Å². The Labute approximate surface area is 153 Å². The summed E-state index contributed by atoms with van der Waals surface area (Å²) >= 11 is 3.53. The largest absolute Gasteiger partial charge is 0.353 e. The number of H-pyrrole nitrogens is 1. The summed E-state index contributed by atoms with van der Waals surface area (Å²) < 4.78 is 1.03. The Morgan fingerprint density at radius 1 is 1.12 bits per heavy atom. The predicted octanol–water partition coefficient (Wildman–Crippen LogP) is 4.51. The number of hydrogen-bond acceptors (Lipinski definition) is 2. The second kappa shape index (κ2) is 6.69. The number of nitrogens with zero attached hydrogens (tertiary/aromatic N) is 1. The van der Waals surface area contributed by atoms with Crippen LogP contribution in [0.4, 0.5) is 0 Å². The highest BCUT2D eigenvalue weighted by atomic mass is 79.9. The van der Waals surface area contributed by atoms with Gasteiger partial charge in [0.1, 0.15) is 0 Å². The van der Waals surface area contributed by atoms with Gasteiger partial charge in [-0.25, -0.2) is 0 Å². The van der Waals surface area contributed by atoms with Crippen molar-refractivity contribution in [1.29, 1.82) is 0 Å². The zero-order valence-corrected chi connectivity index (χ0v) is 15.0. The fourth-order valence-corrected chi connectivity index (χ4v) is 3.61. The van der Waals surface area contributed by atoms with Crippen LogP contribution in [0.15, 0.2) is 65.3 Å². The fourth-order valence-electron chi connectivity index (χ4n) is 3.25. The van der Waals surface area contributed by atoms with Gasteiger partial charge in [0.2, 0.25) is 6.41 Å². The van der Waals surface area contributed by atoms with Crippen LogP contribution in [0.25, 0.3) is 21.8 Å². The first kappa shape index (κ1) is 15.8. The van der Waals surface area contributed by atoms with Crippen LogP contribution >= 0.6 is 15.9 Å². The van der Waals surface area contributed by atoms with Gasteiger partial charge >= 0.3 is 0 Å². The molecule has 2 N–H and O–H groups in total. The van der Waals surface area contributed by atoms with Crippen molar-refractivity contribution in [3.8, 4) is 0 Å². The normalized spacial score (nSPS) is 12.4. The van der Waals surface area contributed by atoms with Crippen molar-refractivity contribution in [2.24, 2.45) is 0 Å². The summed E-state index contributed by atoms with van der Waals surface area (Å²) in [5.41, 5.74) is 4.02. The summed E-state index contributed by atoms with van der Waals surface area (Å²) in [6.07, 6.45) is 3.23. The second-order valence-corrected chi connectivity index (χ2v) is 6.88. The molecule has 0 spiro atoms. The van der Waals surface area contributed by atoms with Crippen molar-refractivity contribution in [3.63, 3.8) is 0 Å². The van der Waals surface area contributed by atoms with Crippen LogP contribution in [0, 0.1) is 0 Å². The topological polar surface area (TPSA) is 57.8 Å². The van der Waals surface area contributed by atoms with Crippen molar-refractivity contribution >= 4 is 44.1 Å². The zero-order valence-electron chi connectivity index (χ0n) is 13.4. The van der Waals surface area contributed by atoms with Crippen molar-refractivity contribution in [2.45, 2.75) is 12.5 Å². The van der Waals surface area contributed by atoms with Gasteiger partial charge < -0.3 is 10.3 Å². The van der Waals surface area contributed by atoms with Gasteiger partial charge in [0.05, 0.1) is 17.3 Å². The molecule has 0 unspecified atom stereocenters. The Balaban J connectivity index is 1.85. The maximum absolute atomic E-state index is 11.2. The molecule has 0 aliphatic rings. The minimum Gasteiger partial charge on any atom is -0.353 e. The van der Waals surface area contributed by atoms with Gasteiger partial charge in [0.15, 0.2) is 0 Å². The molecule has 0 bridgehead atoms. The predicted molar refractivity (Wildman–Crippen MR) is 103 cm³/mol. The Bertz CT molecular complexity index is 1040. The minimum absolute atomic E-state index is 0.194. The molecule has 0 saturated heterocycles. The van der Waals surface area contributed by atoms with E-state index >= 15 is 0 Å². The third-order valence-corrected chi connectivity index (χ3v) is 4.89. The van der Waals surface area contributed by atoms with E-state index in [0.29, 0.717) is 6.42 Å². The average Bonchev–Trinajstić information content (AvgIpc) is 3.00. The Morgan fingerprint density at radius 2 is 1.96 bits per heavy atom. The lowest BCUT2D eigenvalue weighted by molar-refractivity contribution is -0.110. The van der Waals surface area contributed by atoms with E-state index in [0.717, 1.165) is 43.9 Å². The van der Waals surface area contributed by atoms with Crippen LogP contribution in [0.1, 0.15) is 17.3 Å². The van der Waals surface area contributed by atoms with Crippen LogP contribution in [-0.2, 0) is 11.2 Å². The van der Waals surface area contributed by atoms with Gasteiger partial charge in [-0.1, -0.05) is 46.3 Å². The number of aromatic amines is 1. The highest BCUT2D eigenvalue weighted by Gasteiger charge is 2.18. The van der Waals surface area contributed by atoms with Gasteiger partial charge in [-0.3, -0.25) is 9.78 Å². The molecule has 2 heterocycles. The number of carbonyl (C=O) groups excluding carboxylic acids is 1. The van der Waals surface area contributed by atoms with Crippen molar-refractivity contribution in [1.82, 2.24) is 15.3 Å². The SMILES string of the molecule is O=CN[C@H](Cc1ccccc1)c1nccc2c1[nH]c1ccc(Br)cc12. The smallest absolute Gasteiger partial charge is 0.207 e. The molecular formula is C20H16BrN3O. The third-order valence-electron chi connectivity index (χ3n) is 4.39. The molecule has 4 nitrogen and oxygen atoms in total. The maximum atomic E-state index is 11.2. The number of carbonyl (C=O) groups is 1. The summed E-state index contributed by atoms with van der Waals surface area (Å²) in [6, 6.07) is 18.1. The minimum atomic E-state index is -0.194. The highest BCUT2D eigenvalue weighted by Crippen LogP contribution is 2.31. The van der Waals surface area contributed by atoms with Gasteiger partial charge in [-0.2, -0.15) is 0 Å². The van der Waals surface area contributed by atoms with Crippen LogP contribution in [0.3, 0.4) is 0 Å². The molecule has 2 aromatic heterocycles. The molecule has 124 valence electrons. The number of benzene rings is 2.